The highest BCUT2D eigenvalue weighted by molar-refractivity contribution is 5.85. The zero-order valence-corrected chi connectivity index (χ0v) is 17.7. The van der Waals surface area contributed by atoms with E-state index in [0.29, 0.717) is 28.9 Å². The number of nitrogen functional groups attached to an aromatic ring is 1. The lowest BCUT2D eigenvalue weighted by atomic mass is 10.1. The average molecular weight is 421 g/mol. The number of carbonyl (C=O) groups is 2. The van der Waals surface area contributed by atoms with Gasteiger partial charge in [0, 0.05) is 49.3 Å². The molecular formula is C24H28N4O3. The van der Waals surface area contributed by atoms with Gasteiger partial charge in [-0.3, -0.25) is 9.59 Å². The Hall–Kier alpha value is -3.87. The summed E-state index contributed by atoms with van der Waals surface area (Å²) < 4.78 is 4.71. The molecule has 2 aromatic rings. The zero-order chi connectivity index (χ0) is 22.6. The molecule has 0 atom stereocenters. The van der Waals surface area contributed by atoms with E-state index in [1.807, 2.05) is 36.5 Å². The zero-order valence-electron chi connectivity index (χ0n) is 17.7. The van der Waals surface area contributed by atoms with Gasteiger partial charge in [0.1, 0.15) is 11.6 Å². The number of methoxy groups -OCH3 is 1. The Bertz CT molecular complexity index is 933. The number of nitrogens with two attached hydrogens (primary N) is 1. The molecule has 0 aliphatic carbocycles. The highest BCUT2D eigenvalue weighted by Crippen LogP contribution is 2.22. The normalized spacial score (nSPS) is 13.5. The lowest BCUT2D eigenvalue weighted by Crippen LogP contribution is -2.46. The van der Waals surface area contributed by atoms with Crippen LogP contribution in [-0.2, 0) is 9.53 Å². The van der Waals surface area contributed by atoms with Crippen molar-refractivity contribution < 1.29 is 14.3 Å². The second-order valence-corrected chi connectivity index (χ2v) is 6.70. The maximum atomic E-state index is 11.0. The Morgan fingerprint density at radius 1 is 1.13 bits per heavy atom. The van der Waals surface area contributed by atoms with Crippen LogP contribution in [0.2, 0.25) is 0 Å². The summed E-state index contributed by atoms with van der Waals surface area (Å²) in [6, 6.07) is 11.6. The monoisotopic (exact) mass is 420 g/mol. The summed E-state index contributed by atoms with van der Waals surface area (Å²) in [5.41, 5.74) is 8.31. The molecule has 7 nitrogen and oxygen atoms in total. The molecule has 1 aromatic heterocycles. The molecule has 1 aliphatic heterocycles. The molecule has 2 heterocycles. The first kappa shape index (κ1) is 23.4. The van der Waals surface area contributed by atoms with Crippen LogP contribution in [0.15, 0.2) is 79.2 Å². The van der Waals surface area contributed by atoms with E-state index in [4.69, 9.17) is 10.5 Å². The number of pyridine rings is 1. The van der Waals surface area contributed by atoms with Gasteiger partial charge in [-0.15, -0.1) is 0 Å². The number of hydrogen-bond acceptors (Lipinski definition) is 7. The van der Waals surface area contributed by atoms with E-state index in [1.165, 1.54) is 13.2 Å². The molecule has 1 fully saturated rings. The van der Waals surface area contributed by atoms with Gasteiger partial charge in [0.15, 0.2) is 12.6 Å². The average Bonchev–Trinajstić information content (AvgIpc) is 2.83. The van der Waals surface area contributed by atoms with Crippen molar-refractivity contribution in [3.8, 4) is 0 Å². The van der Waals surface area contributed by atoms with Gasteiger partial charge in [-0.25, -0.2) is 4.98 Å². The van der Waals surface area contributed by atoms with Gasteiger partial charge in [-0.1, -0.05) is 25.3 Å². The van der Waals surface area contributed by atoms with E-state index in [0.717, 1.165) is 44.0 Å². The highest BCUT2D eigenvalue weighted by Gasteiger charge is 2.18. The van der Waals surface area contributed by atoms with Crippen LogP contribution in [0.25, 0.3) is 0 Å². The molecule has 3 rings (SSSR count). The maximum absolute atomic E-state index is 11.0. The Morgan fingerprint density at radius 2 is 1.84 bits per heavy atom. The van der Waals surface area contributed by atoms with E-state index >= 15 is 0 Å². The fourth-order valence-electron chi connectivity index (χ4n) is 3.04. The van der Waals surface area contributed by atoms with E-state index in [-0.39, 0.29) is 0 Å². The van der Waals surface area contributed by atoms with Crippen LogP contribution in [0.1, 0.15) is 10.4 Å². The molecule has 0 spiro atoms. The summed E-state index contributed by atoms with van der Waals surface area (Å²) in [7, 11) is 1.46. The Morgan fingerprint density at radius 3 is 2.39 bits per heavy atom. The molecule has 2 N–H and O–H groups in total. The van der Waals surface area contributed by atoms with Gasteiger partial charge in [-0.05, 0) is 36.4 Å². The molecule has 0 amide bonds. The van der Waals surface area contributed by atoms with Crippen molar-refractivity contribution in [2.24, 2.45) is 0 Å². The number of allylic oxidation sites excluding steroid dienone is 3. The lowest BCUT2D eigenvalue weighted by molar-refractivity contribution is -0.104. The van der Waals surface area contributed by atoms with Gasteiger partial charge in [0.25, 0.3) is 0 Å². The van der Waals surface area contributed by atoms with Crippen LogP contribution in [-0.4, -0.2) is 50.8 Å². The molecule has 1 aromatic carbocycles. The smallest absolute Gasteiger partial charge is 0.153 e. The predicted molar refractivity (Wildman–Crippen MR) is 125 cm³/mol. The summed E-state index contributed by atoms with van der Waals surface area (Å²) in [6.07, 6.45) is 6.35. The molecule has 0 bridgehead atoms. The number of nitrogens with zero attached hydrogens (tertiary/aromatic N) is 3. The largest absolute Gasteiger partial charge is 0.497 e. The third-order valence-corrected chi connectivity index (χ3v) is 4.81. The molecule has 0 unspecified atom stereocenters. The van der Waals surface area contributed by atoms with Gasteiger partial charge < -0.3 is 20.3 Å². The van der Waals surface area contributed by atoms with Crippen LogP contribution in [0, 0.1) is 0 Å². The molecule has 31 heavy (non-hydrogen) atoms. The van der Waals surface area contributed by atoms with Crippen molar-refractivity contribution in [1.29, 1.82) is 0 Å². The third-order valence-electron chi connectivity index (χ3n) is 4.81. The Balaban J connectivity index is 0.000000291. The van der Waals surface area contributed by atoms with E-state index < -0.39 is 0 Å². The fourth-order valence-corrected chi connectivity index (χ4v) is 3.04. The summed E-state index contributed by atoms with van der Waals surface area (Å²) >= 11 is 0. The maximum Gasteiger partial charge on any atom is 0.153 e. The van der Waals surface area contributed by atoms with Crippen LogP contribution in [0.4, 0.5) is 17.2 Å². The molecule has 162 valence electrons. The van der Waals surface area contributed by atoms with Crippen LogP contribution in [0.5, 0.6) is 0 Å². The second kappa shape index (κ2) is 12.0. The number of aldehydes is 2. The van der Waals surface area contributed by atoms with Crippen molar-refractivity contribution in [2.45, 2.75) is 0 Å². The first-order valence-corrected chi connectivity index (χ1v) is 9.80. The molecule has 1 saturated heterocycles. The van der Waals surface area contributed by atoms with Gasteiger partial charge in [0.05, 0.1) is 12.7 Å². The van der Waals surface area contributed by atoms with Crippen molar-refractivity contribution >= 4 is 29.8 Å². The number of aromatic nitrogens is 1. The summed E-state index contributed by atoms with van der Waals surface area (Å²) in [6.45, 7) is 10.6. The minimum absolute atomic E-state index is 0.356. The fraction of sp³-hybridized carbons (Fsp3) is 0.208. The SMILES string of the molecule is C=C/C=C(/C=O)C(=C)OC.Nc1ccc(N2CCN(c3ccccn3)CC2)cc1C=O. The molecule has 0 saturated carbocycles. The molecule has 7 heteroatoms. The van der Waals surface area contributed by atoms with Crippen molar-refractivity contribution in [2.75, 3.05) is 48.8 Å². The summed E-state index contributed by atoms with van der Waals surface area (Å²) in [5.74, 6) is 1.37. The van der Waals surface area contributed by atoms with Gasteiger partial charge in [0.2, 0.25) is 0 Å². The van der Waals surface area contributed by atoms with Crippen molar-refractivity contribution in [3.63, 3.8) is 0 Å². The standard InChI is InChI=1S/C16H18N4O.C8H10O2/c17-15-5-4-14(11-13(15)12-21)19-7-9-20(10-8-19)16-3-1-2-6-18-16;1-4-5-8(6-9)7(2)10-3/h1-6,11-12H,7-10,17H2;4-6H,1-2H2,3H3/b;8-5-. The molecule has 0 radical (unpaired) electrons. The lowest BCUT2D eigenvalue weighted by Gasteiger charge is -2.36. The molecule has 1 aliphatic rings. The van der Waals surface area contributed by atoms with Crippen LogP contribution in [0.3, 0.4) is 0 Å². The number of benzene rings is 1. The minimum atomic E-state index is 0.356. The topological polar surface area (TPSA) is 88.8 Å². The van der Waals surface area contributed by atoms with Gasteiger partial charge >= 0.3 is 0 Å². The summed E-state index contributed by atoms with van der Waals surface area (Å²) in [5, 5.41) is 0. The van der Waals surface area contributed by atoms with E-state index in [1.54, 1.807) is 12.1 Å². The van der Waals surface area contributed by atoms with Gasteiger partial charge in [-0.2, -0.15) is 0 Å². The van der Waals surface area contributed by atoms with Crippen LogP contribution < -0.4 is 15.5 Å². The van der Waals surface area contributed by atoms with E-state index in [2.05, 4.69) is 27.9 Å². The number of carbonyl (C=O) groups excluding carboxylic acids is 2. The second-order valence-electron chi connectivity index (χ2n) is 6.70. The number of hydrogen-bond donors (Lipinski definition) is 1. The first-order valence-electron chi connectivity index (χ1n) is 9.80. The summed E-state index contributed by atoms with van der Waals surface area (Å²) in [4.78, 5) is 30.1. The predicted octanol–water partition coefficient (Wildman–Crippen LogP) is 3.26. The number of rotatable bonds is 7. The van der Waals surface area contributed by atoms with Crippen molar-refractivity contribution in [1.82, 2.24) is 4.98 Å². The Labute approximate surface area is 183 Å². The Kier molecular flexibility index (Phi) is 9.04. The third kappa shape index (κ3) is 6.57. The first-order chi connectivity index (χ1) is 15.0. The number of anilines is 3. The molecular weight excluding hydrogens is 392 g/mol. The van der Waals surface area contributed by atoms with Crippen molar-refractivity contribution in [3.05, 3.63) is 84.8 Å². The van der Waals surface area contributed by atoms with E-state index in [9.17, 15) is 9.59 Å². The highest BCUT2D eigenvalue weighted by atomic mass is 16.5. The number of ether oxygens (including phenoxy) is 1. The quantitative estimate of drug-likeness (QED) is 0.242. The number of piperazine rings is 1. The van der Waals surface area contributed by atoms with Crippen LogP contribution >= 0.6 is 0 Å². The minimum Gasteiger partial charge on any atom is -0.497 e.